The van der Waals surface area contributed by atoms with Crippen molar-refractivity contribution < 1.29 is 29.1 Å². The fraction of sp³-hybridized carbons (Fsp3) is 0.280. The van der Waals surface area contributed by atoms with Gasteiger partial charge in [0, 0.05) is 29.8 Å². The van der Waals surface area contributed by atoms with Gasteiger partial charge in [-0.25, -0.2) is 4.79 Å². The summed E-state index contributed by atoms with van der Waals surface area (Å²) < 4.78 is 10.4. The molecule has 2 aliphatic rings. The zero-order valence-electron chi connectivity index (χ0n) is 19.3. The Balaban J connectivity index is 2.00. The van der Waals surface area contributed by atoms with E-state index in [1.54, 1.807) is 25.1 Å². The minimum atomic E-state index is -0.886. The van der Waals surface area contributed by atoms with Crippen molar-refractivity contribution in [2.75, 3.05) is 18.6 Å². The molecule has 10 nitrogen and oxygen atoms in total. The third-order valence-electron chi connectivity index (χ3n) is 6.12. The number of non-ortho nitro benzene ring substituents is 1. The van der Waals surface area contributed by atoms with E-state index in [-0.39, 0.29) is 47.4 Å². The number of aromatic hydroxyl groups is 1. The lowest BCUT2D eigenvalue weighted by Gasteiger charge is -2.40. The summed E-state index contributed by atoms with van der Waals surface area (Å²) in [5.41, 5.74) is 8.20. The minimum absolute atomic E-state index is 0.0118. The molecule has 10 heteroatoms. The zero-order chi connectivity index (χ0) is 25.3. The van der Waals surface area contributed by atoms with Crippen molar-refractivity contribution in [3.63, 3.8) is 0 Å². The first-order chi connectivity index (χ1) is 16.8. The van der Waals surface area contributed by atoms with Crippen LogP contribution in [-0.2, 0) is 14.3 Å². The second-order valence-corrected chi connectivity index (χ2v) is 8.13. The lowest BCUT2D eigenvalue weighted by molar-refractivity contribution is -0.384. The molecule has 4 rings (SSSR count). The number of ketones is 1. The zero-order valence-corrected chi connectivity index (χ0v) is 19.3. The first-order valence-electron chi connectivity index (χ1n) is 11.1. The van der Waals surface area contributed by atoms with E-state index in [0.717, 1.165) is 0 Å². The van der Waals surface area contributed by atoms with Gasteiger partial charge in [-0.15, -0.1) is 0 Å². The van der Waals surface area contributed by atoms with E-state index in [2.05, 4.69) is 0 Å². The maximum Gasteiger partial charge on any atom is 0.338 e. The highest BCUT2D eigenvalue weighted by atomic mass is 16.6. The smallest absolute Gasteiger partial charge is 0.338 e. The number of hydrogen-bond donors (Lipinski definition) is 2. The Labute approximate surface area is 201 Å². The fourth-order valence-corrected chi connectivity index (χ4v) is 4.66. The van der Waals surface area contributed by atoms with Crippen LogP contribution in [0.15, 0.2) is 65.1 Å². The third kappa shape index (κ3) is 4.18. The Kier molecular flexibility index (Phi) is 6.46. The number of benzene rings is 2. The van der Waals surface area contributed by atoms with Crippen molar-refractivity contribution in [1.82, 2.24) is 0 Å². The Morgan fingerprint density at radius 2 is 2.03 bits per heavy atom. The number of carbonyl (C=O) groups is 2. The molecule has 1 heterocycles. The van der Waals surface area contributed by atoms with Crippen LogP contribution < -0.4 is 15.4 Å². The molecule has 0 saturated heterocycles. The largest absolute Gasteiger partial charge is 0.504 e. The summed E-state index contributed by atoms with van der Waals surface area (Å²) in [6.07, 6.45) is 1.31. The highest BCUT2D eigenvalue weighted by molar-refractivity contribution is 6.05. The molecule has 35 heavy (non-hydrogen) atoms. The normalized spacial score (nSPS) is 17.8. The van der Waals surface area contributed by atoms with Crippen LogP contribution in [0, 0.1) is 10.1 Å². The Bertz CT molecular complexity index is 1280. The van der Waals surface area contributed by atoms with Gasteiger partial charge < -0.3 is 20.3 Å². The summed E-state index contributed by atoms with van der Waals surface area (Å²) in [4.78, 5) is 38.9. The number of hydrogen-bond acceptors (Lipinski definition) is 9. The number of nitrogens with two attached hydrogens (primary N) is 1. The first kappa shape index (κ1) is 23.8. The van der Waals surface area contributed by atoms with Crippen molar-refractivity contribution in [1.29, 1.82) is 0 Å². The molecule has 0 bridgehead atoms. The molecular weight excluding hydrogens is 454 g/mol. The van der Waals surface area contributed by atoms with Crippen LogP contribution >= 0.6 is 0 Å². The van der Waals surface area contributed by atoms with E-state index in [0.29, 0.717) is 35.4 Å². The molecule has 0 unspecified atom stereocenters. The number of phenols is 1. The number of phenolic OH excluding ortho intramolecular Hbond substituents is 1. The Hall–Kier alpha value is -4.34. The summed E-state index contributed by atoms with van der Waals surface area (Å²) in [6.45, 7) is 1.73. The maximum absolute atomic E-state index is 13.3. The fourth-order valence-electron chi connectivity index (χ4n) is 4.66. The number of carbonyl (C=O) groups excluding carboxylic acids is 2. The lowest BCUT2D eigenvalue weighted by Crippen LogP contribution is -2.41. The van der Waals surface area contributed by atoms with Gasteiger partial charge in [-0.05, 0) is 43.5 Å². The molecule has 1 atom stereocenters. The van der Waals surface area contributed by atoms with Crippen LogP contribution in [0.3, 0.4) is 0 Å². The van der Waals surface area contributed by atoms with E-state index >= 15 is 0 Å². The molecule has 0 fully saturated rings. The van der Waals surface area contributed by atoms with Crippen molar-refractivity contribution in [3.05, 3.63) is 80.8 Å². The summed E-state index contributed by atoms with van der Waals surface area (Å²) in [5.74, 6) is -1.68. The number of rotatable bonds is 6. The standard InChI is InChI=1S/C25H25N3O7/c1-3-35-25(31)23-21(14-10-11-20(34-2)19(30)12-14)22-17(8-5-9-18(22)29)27(24(23)26)15-6-4-7-16(13-15)28(32)33/h4,6-7,10-13,21,30H,3,5,8-9,26H2,1-2H3/t21-/m1/s1. The second-order valence-electron chi connectivity index (χ2n) is 8.13. The van der Waals surface area contributed by atoms with Crippen LogP contribution in [0.2, 0.25) is 0 Å². The maximum atomic E-state index is 13.3. The predicted octanol–water partition coefficient (Wildman–Crippen LogP) is 3.65. The number of nitro groups is 1. The quantitative estimate of drug-likeness (QED) is 0.360. The number of allylic oxidation sites excluding steroid dienone is 2. The van der Waals surface area contributed by atoms with Gasteiger partial charge in [0.1, 0.15) is 5.82 Å². The van der Waals surface area contributed by atoms with E-state index in [9.17, 15) is 24.8 Å². The highest BCUT2D eigenvalue weighted by Crippen LogP contribution is 2.48. The lowest BCUT2D eigenvalue weighted by atomic mass is 9.75. The van der Waals surface area contributed by atoms with Crippen molar-refractivity contribution in [2.24, 2.45) is 5.73 Å². The summed E-state index contributed by atoms with van der Waals surface area (Å²) >= 11 is 0. The number of methoxy groups -OCH3 is 1. The molecule has 1 aliphatic heterocycles. The van der Waals surface area contributed by atoms with Gasteiger partial charge in [0.05, 0.1) is 35.8 Å². The van der Waals surface area contributed by atoms with E-state index in [1.807, 2.05) is 0 Å². The summed E-state index contributed by atoms with van der Waals surface area (Å²) in [5, 5.41) is 21.8. The first-order valence-corrected chi connectivity index (χ1v) is 11.1. The van der Waals surface area contributed by atoms with E-state index < -0.39 is 16.8 Å². The van der Waals surface area contributed by atoms with Crippen LogP contribution in [0.5, 0.6) is 11.5 Å². The number of nitro benzene ring substituents is 1. The molecular formula is C25H25N3O7. The van der Waals surface area contributed by atoms with Crippen LogP contribution in [0.1, 0.15) is 37.7 Å². The molecule has 2 aromatic carbocycles. The molecule has 1 aliphatic carbocycles. The summed E-state index contributed by atoms with van der Waals surface area (Å²) in [6, 6.07) is 10.5. The Morgan fingerprint density at radius 3 is 2.69 bits per heavy atom. The van der Waals surface area contributed by atoms with Crippen molar-refractivity contribution in [2.45, 2.75) is 32.1 Å². The van der Waals surface area contributed by atoms with Gasteiger partial charge >= 0.3 is 5.97 Å². The minimum Gasteiger partial charge on any atom is -0.504 e. The average molecular weight is 479 g/mol. The molecule has 2 aromatic rings. The second kappa shape index (κ2) is 9.49. The van der Waals surface area contributed by atoms with Gasteiger partial charge in [-0.2, -0.15) is 0 Å². The molecule has 0 aromatic heterocycles. The molecule has 3 N–H and O–H groups in total. The average Bonchev–Trinajstić information content (AvgIpc) is 2.83. The number of esters is 1. The summed E-state index contributed by atoms with van der Waals surface area (Å²) in [7, 11) is 1.42. The molecule has 0 saturated carbocycles. The molecule has 0 radical (unpaired) electrons. The number of Topliss-reactive ketones (excluding diaryl/α,β-unsaturated/α-hetero) is 1. The van der Waals surface area contributed by atoms with Gasteiger partial charge in [0.15, 0.2) is 17.3 Å². The molecule has 0 amide bonds. The van der Waals surface area contributed by atoms with Crippen LogP contribution in [0.25, 0.3) is 0 Å². The molecule has 182 valence electrons. The Morgan fingerprint density at radius 1 is 1.26 bits per heavy atom. The predicted molar refractivity (Wildman–Crippen MR) is 127 cm³/mol. The highest BCUT2D eigenvalue weighted by Gasteiger charge is 2.43. The van der Waals surface area contributed by atoms with Gasteiger partial charge in [-0.1, -0.05) is 12.1 Å². The monoisotopic (exact) mass is 479 g/mol. The number of anilines is 1. The van der Waals surface area contributed by atoms with Gasteiger partial charge in [0.2, 0.25) is 0 Å². The van der Waals surface area contributed by atoms with Crippen molar-refractivity contribution in [3.8, 4) is 11.5 Å². The van der Waals surface area contributed by atoms with Gasteiger partial charge in [0.25, 0.3) is 5.69 Å². The van der Waals surface area contributed by atoms with Crippen LogP contribution in [-0.4, -0.2) is 35.5 Å². The van der Waals surface area contributed by atoms with E-state index in [1.165, 1.54) is 36.3 Å². The number of ether oxygens (including phenoxy) is 2. The molecule has 0 spiro atoms. The SMILES string of the molecule is CCOC(=O)C1=C(N)N(c2cccc([N+](=O)[O-])c2)C2=C(C(=O)CCC2)[C@H]1c1ccc(OC)c(O)c1. The number of nitrogens with zero attached hydrogens (tertiary/aromatic N) is 2. The van der Waals surface area contributed by atoms with E-state index in [4.69, 9.17) is 15.2 Å². The van der Waals surface area contributed by atoms with Crippen LogP contribution in [0.4, 0.5) is 11.4 Å². The topological polar surface area (TPSA) is 145 Å². The van der Waals surface area contributed by atoms with Crippen molar-refractivity contribution >= 4 is 23.1 Å². The third-order valence-corrected chi connectivity index (χ3v) is 6.12. The van der Waals surface area contributed by atoms with Gasteiger partial charge in [-0.3, -0.25) is 19.8 Å².